The number of para-hydroxylation sites is 1. The zero-order chi connectivity index (χ0) is 13.2. The van der Waals surface area contributed by atoms with E-state index in [0.717, 1.165) is 22.8 Å². The Labute approximate surface area is 118 Å². The highest BCUT2D eigenvalue weighted by Crippen LogP contribution is 2.30. The van der Waals surface area contributed by atoms with Gasteiger partial charge in [-0.1, -0.05) is 54.7 Å². The molecule has 0 aliphatic carbocycles. The molecule has 0 aromatic heterocycles. The van der Waals surface area contributed by atoms with Crippen molar-refractivity contribution in [3.8, 4) is 5.75 Å². The van der Waals surface area contributed by atoms with Crippen molar-refractivity contribution < 1.29 is 4.74 Å². The van der Waals surface area contributed by atoms with Crippen molar-refractivity contribution in [3.63, 3.8) is 0 Å². The van der Waals surface area contributed by atoms with Gasteiger partial charge in [-0.3, -0.25) is 0 Å². The van der Waals surface area contributed by atoms with Crippen molar-refractivity contribution in [2.24, 2.45) is 0 Å². The zero-order valence-electron chi connectivity index (χ0n) is 10.7. The van der Waals surface area contributed by atoms with Gasteiger partial charge in [0.05, 0.1) is 12.1 Å². The summed E-state index contributed by atoms with van der Waals surface area (Å²) in [6, 6.07) is 18.2. The van der Waals surface area contributed by atoms with E-state index in [1.165, 1.54) is 5.56 Å². The van der Waals surface area contributed by atoms with Gasteiger partial charge in [-0.25, -0.2) is 0 Å². The van der Waals surface area contributed by atoms with E-state index in [2.05, 4.69) is 17.0 Å². The standard InChI is InChI=1S/C16H15NOS/c1-17-11-15(12-7-3-2-4-8-12)18-14-10-6-5-9-13(14)16(17)19/h2-10,15H,11H2,1H3/t15-/m0/s1. The predicted octanol–water partition coefficient (Wildman–Crippen LogP) is 3.43. The van der Waals surface area contributed by atoms with Crippen molar-refractivity contribution in [3.05, 3.63) is 65.7 Å². The summed E-state index contributed by atoms with van der Waals surface area (Å²) in [7, 11) is 2.02. The Kier molecular flexibility index (Phi) is 3.22. The number of nitrogens with zero attached hydrogens (tertiary/aromatic N) is 1. The van der Waals surface area contributed by atoms with Gasteiger partial charge in [-0.2, -0.15) is 0 Å². The normalized spacial score (nSPS) is 18.5. The van der Waals surface area contributed by atoms with E-state index in [1.54, 1.807) is 0 Å². The number of hydrogen-bond acceptors (Lipinski definition) is 2. The highest BCUT2D eigenvalue weighted by molar-refractivity contribution is 7.80. The monoisotopic (exact) mass is 269 g/mol. The quantitative estimate of drug-likeness (QED) is 0.736. The Morgan fingerprint density at radius 2 is 1.74 bits per heavy atom. The van der Waals surface area contributed by atoms with Crippen LogP contribution in [0, 0.1) is 0 Å². The minimum Gasteiger partial charge on any atom is -0.483 e. The molecule has 96 valence electrons. The minimum atomic E-state index is 0.00722. The van der Waals surface area contributed by atoms with Crippen LogP contribution in [0.25, 0.3) is 0 Å². The van der Waals surface area contributed by atoms with E-state index in [9.17, 15) is 0 Å². The molecule has 3 rings (SSSR count). The number of thiocarbonyl (C=S) groups is 1. The van der Waals surface area contributed by atoms with Crippen LogP contribution in [-0.2, 0) is 0 Å². The lowest BCUT2D eigenvalue weighted by atomic mass is 10.1. The second-order valence-electron chi connectivity index (χ2n) is 4.70. The van der Waals surface area contributed by atoms with Crippen LogP contribution >= 0.6 is 12.2 Å². The number of hydrogen-bond donors (Lipinski definition) is 0. The smallest absolute Gasteiger partial charge is 0.141 e. The van der Waals surface area contributed by atoms with Crippen LogP contribution in [-0.4, -0.2) is 23.5 Å². The van der Waals surface area contributed by atoms with Gasteiger partial charge in [0.25, 0.3) is 0 Å². The predicted molar refractivity (Wildman–Crippen MR) is 80.6 cm³/mol. The first-order valence-electron chi connectivity index (χ1n) is 6.32. The first-order chi connectivity index (χ1) is 9.25. The fourth-order valence-electron chi connectivity index (χ4n) is 2.32. The van der Waals surface area contributed by atoms with Crippen molar-refractivity contribution in [2.45, 2.75) is 6.10 Å². The molecule has 19 heavy (non-hydrogen) atoms. The van der Waals surface area contributed by atoms with Crippen molar-refractivity contribution in [1.29, 1.82) is 0 Å². The summed E-state index contributed by atoms with van der Waals surface area (Å²) in [5.74, 6) is 0.866. The Bertz CT molecular complexity index is 597. The lowest BCUT2D eigenvalue weighted by molar-refractivity contribution is 0.185. The van der Waals surface area contributed by atoms with E-state index in [4.69, 9.17) is 17.0 Å². The molecular formula is C16H15NOS. The van der Waals surface area contributed by atoms with Crippen molar-refractivity contribution >= 4 is 17.2 Å². The molecule has 0 fully saturated rings. The molecule has 2 aromatic carbocycles. The number of fused-ring (bicyclic) bond motifs is 1. The Morgan fingerprint density at radius 1 is 1.05 bits per heavy atom. The maximum Gasteiger partial charge on any atom is 0.141 e. The van der Waals surface area contributed by atoms with Gasteiger partial charge in [0.1, 0.15) is 16.8 Å². The zero-order valence-corrected chi connectivity index (χ0v) is 11.6. The fraction of sp³-hybridized carbons (Fsp3) is 0.188. The number of benzene rings is 2. The Balaban J connectivity index is 2.01. The van der Waals surface area contributed by atoms with E-state index < -0.39 is 0 Å². The molecule has 1 aliphatic rings. The highest BCUT2D eigenvalue weighted by Gasteiger charge is 2.24. The third-order valence-corrected chi connectivity index (χ3v) is 3.88. The van der Waals surface area contributed by atoms with Gasteiger partial charge >= 0.3 is 0 Å². The first kappa shape index (κ1) is 12.2. The average molecular weight is 269 g/mol. The molecule has 0 bridgehead atoms. The lowest BCUT2D eigenvalue weighted by Crippen LogP contribution is -2.29. The van der Waals surface area contributed by atoms with Crippen LogP contribution < -0.4 is 4.74 Å². The maximum absolute atomic E-state index is 6.15. The van der Waals surface area contributed by atoms with Gasteiger partial charge < -0.3 is 9.64 Å². The third kappa shape index (κ3) is 2.34. The van der Waals surface area contributed by atoms with Gasteiger partial charge in [0.2, 0.25) is 0 Å². The maximum atomic E-state index is 6.15. The Hall–Kier alpha value is -1.87. The van der Waals surface area contributed by atoms with Crippen LogP contribution in [0.3, 0.4) is 0 Å². The largest absolute Gasteiger partial charge is 0.483 e. The highest BCUT2D eigenvalue weighted by atomic mass is 32.1. The molecule has 0 saturated carbocycles. The van der Waals surface area contributed by atoms with E-state index in [0.29, 0.717) is 0 Å². The topological polar surface area (TPSA) is 12.5 Å². The molecule has 0 amide bonds. The fourth-order valence-corrected chi connectivity index (χ4v) is 2.56. The summed E-state index contributed by atoms with van der Waals surface area (Å²) < 4.78 is 6.15. The molecule has 1 atom stereocenters. The van der Waals surface area contributed by atoms with Crippen LogP contribution in [0.15, 0.2) is 54.6 Å². The second-order valence-corrected chi connectivity index (χ2v) is 5.09. The van der Waals surface area contributed by atoms with E-state index >= 15 is 0 Å². The van der Waals surface area contributed by atoms with Crippen LogP contribution in [0.2, 0.25) is 0 Å². The van der Waals surface area contributed by atoms with Gasteiger partial charge in [0.15, 0.2) is 0 Å². The van der Waals surface area contributed by atoms with Crippen LogP contribution in [0.4, 0.5) is 0 Å². The molecule has 0 saturated heterocycles. The SMILES string of the molecule is CN1C[C@@H](c2ccccc2)Oc2ccccc2C1=S. The summed E-state index contributed by atoms with van der Waals surface area (Å²) in [6.07, 6.45) is 0.00722. The summed E-state index contributed by atoms with van der Waals surface area (Å²) in [6.45, 7) is 0.761. The molecule has 0 unspecified atom stereocenters. The average Bonchev–Trinajstić information content (AvgIpc) is 2.58. The number of rotatable bonds is 1. The molecule has 3 heteroatoms. The second kappa shape index (κ2) is 5.02. The summed E-state index contributed by atoms with van der Waals surface area (Å²) >= 11 is 5.52. The van der Waals surface area contributed by atoms with Gasteiger partial charge in [-0.15, -0.1) is 0 Å². The van der Waals surface area contributed by atoms with Crippen molar-refractivity contribution in [1.82, 2.24) is 4.90 Å². The molecule has 0 spiro atoms. The Morgan fingerprint density at radius 3 is 2.53 bits per heavy atom. The van der Waals surface area contributed by atoms with Crippen LogP contribution in [0.5, 0.6) is 5.75 Å². The van der Waals surface area contributed by atoms with E-state index in [-0.39, 0.29) is 6.10 Å². The third-order valence-electron chi connectivity index (χ3n) is 3.34. The van der Waals surface area contributed by atoms with Gasteiger partial charge in [-0.05, 0) is 17.7 Å². The molecule has 2 aromatic rings. The minimum absolute atomic E-state index is 0.00722. The first-order valence-corrected chi connectivity index (χ1v) is 6.72. The summed E-state index contributed by atoms with van der Waals surface area (Å²) in [4.78, 5) is 2.92. The summed E-state index contributed by atoms with van der Waals surface area (Å²) in [5, 5.41) is 0. The van der Waals surface area contributed by atoms with Crippen molar-refractivity contribution in [2.75, 3.05) is 13.6 Å². The molecular weight excluding hydrogens is 254 g/mol. The number of likely N-dealkylation sites (N-methyl/N-ethyl adjacent to an activating group) is 1. The molecule has 0 radical (unpaired) electrons. The van der Waals surface area contributed by atoms with Crippen LogP contribution in [0.1, 0.15) is 17.2 Å². The molecule has 1 heterocycles. The molecule has 1 aliphatic heterocycles. The number of ether oxygens (including phenoxy) is 1. The van der Waals surface area contributed by atoms with E-state index in [1.807, 2.05) is 49.5 Å². The molecule has 2 nitrogen and oxygen atoms in total. The molecule has 0 N–H and O–H groups in total. The summed E-state index contributed by atoms with van der Waals surface area (Å²) in [5.41, 5.74) is 2.17. The van der Waals surface area contributed by atoms with Gasteiger partial charge in [0, 0.05) is 7.05 Å². The lowest BCUT2D eigenvalue weighted by Gasteiger charge is -2.22.